The number of carbonyl (C=O) groups excluding carboxylic acids is 1. The SMILES string of the molecule is O=C([O-])c1ccc(C(F)(F)C(F)(F)C(F)(F)C(F)(F)C(F)(F)C(F)(F)F)cc1.[K+]. The van der Waals surface area contributed by atoms with E-state index in [0.717, 1.165) is 0 Å². The van der Waals surface area contributed by atoms with Crippen LogP contribution in [-0.4, -0.2) is 35.8 Å². The number of benzene rings is 1. The maximum atomic E-state index is 13.7. The molecule has 0 bridgehead atoms. The minimum absolute atomic E-state index is 0. The number of halogens is 13. The predicted molar refractivity (Wildman–Crippen MR) is 60.5 cm³/mol. The Bertz CT molecular complexity index is 740. The van der Waals surface area contributed by atoms with Crippen molar-refractivity contribution in [2.45, 2.75) is 35.8 Å². The minimum atomic E-state index is -7.99. The van der Waals surface area contributed by atoms with Crippen LogP contribution in [0.25, 0.3) is 0 Å². The van der Waals surface area contributed by atoms with Gasteiger partial charge < -0.3 is 9.90 Å². The Hall–Kier alpha value is -0.584. The summed E-state index contributed by atoms with van der Waals surface area (Å²) < 4.78 is 168. The largest absolute Gasteiger partial charge is 1.00 e. The van der Waals surface area contributed by atoms with Gasteiger partial charge in [-0.1, -0.05) is 24.3 Å². The number of hydrogen-bond donors (Lipinski definition) is 0. The Balaban J connectivity index is 0.00000784. The Labute approximate surface area is 194 Å². The molecular formula is C13H4F13KO2. The topological polar surface area (TPSA) is 40.1 Å². The number of carboxylic acid groups (broad SMARTS) is 1. The van der Waals surface area contributed by atoms with Crippen LogP contribution in [0.15, 0.2) is 24.3 Å². The van der Waals surface area contributed by atoms with Gasteiger partial charge in [0.05, 0.1) is 5.97 Å². The number of carboxylic acids is 1. The summed E-state index contributed by atoms with van der Waals surface area (Å²) in [5.74, 6) is -39.6. The average Bonchev–Trinajstić information content (AvgIpc) is 2.53. The maximum absolute atomic E-state index is 13.7. The molecule has 1 aromatic carbocycles. The first kappa shape index (κ1) is 28.4. The summed E-state index contributed by atoms with van der Waals surface area (Å²) in [6, 6.07) is -0.352. The van der Waals surface area contributed by atoms with E-state index in [0.29, 0.717) is 0 Å². The molecule has 0 atom stereocenters. The zero-order valence-corrected chi connectivity index (χ0v) is 16.7. The van der Waals surface area contributed by atoms with Crippen LogP contribution in [0.2, 0.25) is 0 Å². The van der Waals surface area contributed by atoms with Crippen molar-refractivity contribution >= 4 is 5.97 Å². The summed E-state index contributed by atoms with van der Waals surface area (Å²) in [6.07, 6.45) is -7.48. The van der Waals surface area contributed by atoms with Crippen LogP contribution < -0.4 is 56.5 Å². The first-order valence-electron chi connectivity index (χ1n) is 6.44. The number of alkyl halides is 13. The van der Waals surface area contributed by atoms with Crippen molar-refractivity contribution in [3.8, 4) is 0 Å². The van der Waals surface area contributed by atoms with E-state index >= 15 is 0 Å². The van der Waals surface area contributed by atoms with E-state index in [1.807, 2.05) is 0 Å². The van der Waals surface area contributed by atoms with Crippen molar-refractivity contribution in [2.24, 2.45) is 0 Å². The van der Waals surface area contributed by atoms with Crippen molar-refractivity contribution in [2.75, 3.05) is 0 Å². The quantitative estimate of drug-likeness (QED) is 0.457. The van der Waals surface area contributed by atoms with E-state index in [9.17, 15) is 67.0 Å². The molecule has 160 valence electrons. The third-order valence-electron chi connectivity index (χ3n) is 3.42. The molecule has 0 spiro atoms. The zero-order chi connectivity index (χ0) is 22.6. The summed E-state index contributed by atoms with van der Waals surface area (Å²) in [6.45, 7) is 0. The predicted octanol–water partition coefficient (Wildman–Crippen LogP) is 1.25. The minimum Gasteiger partial charge on any atom is -0.545 e. The van der Waals surface area contributed by atoms with Crippen molar-refractivity contribution < 1.29 is 118 Å². The average molecular weight is 478 g/mol. The van der Waals surface area contributed by atoms with Gasteiger partial charge in [0.15, 0.2) is 0 Å². The first-order valence-corrected chi connectivity index (χ1v) is 6.44. The van der Waals surface area contributed by atoms with Crippen molar-refractivity contribution in [3.05, 3.63) is 35.4 Å². The number of aromatic carboxylic acids is 1. The van der Waals surface area contributed by atoms with Crippen LogP contribution >= 0.6 is 0 Å². The van der Waals surface area contributed by atoms with E-state index in [1.165, 1.54) is 0 Å². The molecule has 0 unspecified atom stereocenters. The van der Waals surface area contributed by atoms with Gasteiger partial charge in [-0.25, -0.2) is 0 Å². The third kappa shape index (κ3) is 4.27. The van der Waals surface area contributed by atoms with E-state index in [4.69, 9.17) is 0 Å². The standard InChI is InChI=1S/C13H5F13O2.K/c14-8(15,6-3-1-5(2-4-6)7(27)28)9(16,17)10(18,19)11(20,21)12(22,23)13(24,25)26;/h1-4H,(H,27,28);/q;+1/p-1. The van der Waals surface area contributed by atoms with Crippen LogP contribution in [0.4, 0.5) is 57.1 Å². The van der Waals surface area contributed by atoms with Crippen LogP contribution in [0.5, 0.6) is 0 Å². The van der Waals surface area contributed by atoms with Gasteiger partial charge in [-0.2, -0.15) is 57.1 Å². The number of carbonyl (C=O) groups is 1. The first-order chi connectivity index (χ1) is 12.2. The smallest absolute Gasteiger partial charge is 0.545 e. The molecule has 0 heterocycles. The molecule has 0 amide bonds. The van der Waals surface area contributed by atoms with Crippen molar-refractivity contribution in [3.63, 3.8) is 0 Å². The molecule has 2 nitrogen and oxygen atoms in total. The number of rotatable bonds is 6. The van der Waals surface area contributed by atoms with Crippen LogP contribution in [0.1, 0.15) is 15.9 Å². The summed E-state index contributed by atoms with van der Waals surface area (Å²) in [4.78, 5) is 10.4. The Morgan fingerprint density at radius 2 is 0.966 bits per heavy atom. The second-order valence-corrected chi connectivity index (χ2v) is 5.23. The molecule has 16 heteroatoms. The Morgan fingerprint density at radius 3 is 1.28 bits per heavy atom. The van der Waals surface area contributed by atoms with Crippen LogP contribution in [0.3, 0.4) is 0 Å². The monoisotopic (exact) mass is 478 g/mol. The molecule has 29 heavy (non-hydrogen) atoms. The summed E-state index contributed by atoms with van der Waals surface area (Å²) in [7, 11) is 0. The fourth-order valence-electron chi connectivity index (χ4n) is 1.77. The summed E-state index contributed by atoms with van der Waals surface area (Å²) in [5, 5.41) is 10.4. The molecule has 1 rings (SSSR count). The van der Waals surface area contributed by atoms with Crippen LogP contribution in [0, 0.1) is 0 Å². The zero-order valence-electron chi connectivity index (χ0n) is 13.5. The molecule has 0 fully saturated rings. The van der Waals surface area contributed by atoms with Gasteiger partial charge in [0, 0.05) is 5.56 Å². The van der Waals surface area contributed by atoms with Gasteiger partial charge in [0.25, 0.3) is 0 Å². The van der Waals surface area contributed by atoms with Crippen molar-refractivity contribution in [1.82, 2.24) is 0 Å². The molecule has 1 aromatic rings. The Kier molecular flexibility index (Phi) is 8.00. The molecule has 0 aliphatic heterocycles. The molecule has 0 aromatic heterocycles. The van der Waals surface area contributed by atoms with Crippen molar-refractivity contribution in [1.29, 1.82) is 0 Å². The van der Waals surface area contributed by atoms with Gasteiger partial charge >= 0.3 is 87.2 Å². The van der Waals surface area contributed by atoms with Gasteiger partial charge in [-0.05, 0) is 5.56 Å². The Morgan fingerprint density at radius 1 is 0.621 bits per heavy atom. The summed E-state index contributed by atoms with van der Waals surface area (Å²) >= 11 is 0. The fraction of sp³-hybridized carbons (Fsp3) is 0.462. The maximum Gasteiger partial charge on any atom is 1.00 e. The molecule has 0 saturated heterocycles. The molecule has 0 aliphatic rings. The summed E-state index contributed by atoms with van der Waals surface area (Å²) in [5.41, 5.74) is -3.23. The second kappa shape index (κ2) is 8.16. The van der Waals surface area contributed by atoms with Crippen LogP contribution in [-0.2, 0) is 5.92 Å². The van der Waals surface area contributed by atoms with Gasteiger partial charge in [-0.3, -0.25) is 0 Å². The molecule has 0 aliphatic carbocycles. The third-order valence-corrected chi connectivity index (χ3v) is 3.42. The fourth-order valence-corrected chi connectivity index (χ4v) is 1.77. The van der Waals surface area contributed by atoms with Gasteiger partial charge in [0.1, 0.15) is 0 Å². The van der Waals surface area contributed by atoms with E-state index in [2.05, 4.69) is 0 Å². The van der Waals surface area contributed by atoms with E-state index < -0.39 is 52.9 Å². The second-order valence-electron chi connectivity index (χ2n) is 5.23. The molecule has 0 saturated carbocycles. The van der Waals surface area contributed by atoms with E-state index in [-0.39, 0.29) is 75.7 Å². The molecular weight excluding hydrogens is 474 g/mol. The number of hydrogen-bond acceptors (Lipinski definition) is 2. The molecule has 0 radical (unpaired) electrons. The van der Waals surface area contributed by atoms with Gasteiger partial charge in [0.2, 0.25) is 0 Å². The van der Waals surface area contributed by atoms with Gasteiger partial charge in [-0.15, -0.1) is 0 Å². The normalized spacial score (nSPS) is 14.4. The van der Waals surface area contributed by atoms with E-state index in [1.54, 1.807) is 0 Å². The molecule has 0 N–H and O–H groups in total.